The van der Waals surface area contributed by atoms with E-state index in [9.17, 15) is 0 Å². The monoisotopic (exact) mass is 350 g/mol. The van der Waals surface area contributed by atoms with Crippen molar-refractivity contribution in [1.82, 2.24) is 14.5 Å². The number of benzene rings is 1. The maximum atomic E-state index is 9.16. The van der Waals surface area contributed by atoms with Crippen LogP contribution in [0.1, 0.15) is 24.2 Å². The maximum Gasteiger partial charge on any atom is 0.163 e. The highest BCUT2D eigenvalue weighted by Gasteiger charge is 2.26. The Morgan fingerprint density at radius 3 is 2.77 bits per heavy atom. The first kappa shape index (κ1) is 16.9. The molecule has 1 aromatic carbocycles. The number of anilines is 2. The SMILES string of the molecule is Cn1cnc(C#N)c1CNc1cccc(N2CCN(CC3CC3)CC2)c1. The summed E-state index contributed by atoms with van der Waals surface area (Å²) in [6.07, 6.45) is 4.54. The number of aromatic nitrogens is 2. The maximum absolute atomic E-state index is 9.16. The van der Waals surface area contributed by atoms with Gasteiger partial charge in [0.05, 0.1) is 18.6 Å². The van der Waals surface area contributed by atoms with Crippen LogP contribution in [0.5, 0.6) is 0 Å². The van der Waals surface area contributed by atoms with Crippen molar-refractivity contribution in [1.29, 1.82) is 5.26 Å². The van der Waals surface area contributed by atoms with Crippen LogP contribution in [0.25, 0.3) is 0 Å². The van der Waals surface area contributed by atoms with Gasteiger partial charge in [0.2, 0.25) is 0 Å². The Bertz CT molecular complexity index is 793. The molecule has 0 atom stereocenters. The van der Waals surface area contributed by atoms with Crippen molar-refractivity contribution < 1.29 is 0 Å². The molecule has 0 unspecified atom stereocenters. The second kappa shape index (κ2) is 7.38. The zero-order valence-electron chi connectivity index (χ0n) is 15.4. The lowest BCUT2D eigenvalue weighted by Crippen LogP contribution is -2.47. The van der Waals surface area contributed by atoms with E-state index < -0.39 is 0 Å². The van der Waals surface area contributed by atoms with Crippen LogP contribution in [0.3, 0.4) is 0 Å². The molecule has 2 aliphatic rings. The molecule has 0 amide bonds. The van der Waals surface area contributed by atoms with Gasteiger partial charge in [-0.05, 0) is 37.0 Å². The molecule has 0 spiro atoms. The minimum atomic E-state index is 0.489. The highest BCUT2D eigenvalue weighted by Crippen LogP contribution is 2.30. The van der Waals surface area contributed by atoms with E-state index in [0.29, 0.717) is 12.2 Å². The summed E-state index contributed by atoms with van der Waals surface area (Å²) in [6, 6.07) is 10.7. The number of hydrogen-bond acceptors (Lipinski definition) is 5. The molecule has 1 aliphatic heterocycles. The van der Waals surface area contributed by atoms with Gasteiger partial charge in [-0.3, -0.25) is 4.90 Å². The van der Waals surface area contributed by atoms with Gasteiger partial charge in [0.1, 0.15) is 6.07 Å². The summed E-state index contributed by atoms with van der Waals surface area (Å²) in [7, 11) is 1.92. The third-order valence-electron chi connectivity index (χ3n) is 5.42. The average molecular weight is 350 g/mol. The fraction of sp³-hybridized carbons (Fsp3) is 0.500. The first-order valence-corrected chi connectivity index (χ1v) is 9.44. The lowest BCUT2D eigenvalue weighted by molar-refractivity contribution is 0.248. The van der Waals surface area contributed by atoms with E-state index in [2.05, 4.69) is 50.4 Å². The number of nitrogens with one attached hydrogen (secondary N) is 1. The standard InChI is InChI=1S/C20H26N6/c1-24-15-23-19(12-21)20(24)13-22-17-3-2-4-18(11-17)26-9-7-25(8-10-26)14-16-5-6-16/h2-4,11,15-16,22H,5-10,13-14H2,1H3. The molecule has 2 fully saturated rings. The molecule has 4 rings (SSSR count). The van der Waals surface area contributed by atoms with E-state index in [4.69, 9.17) is 5.26 Å². The van der Waals surface area contributed by atoms with Crippen LogP contribution in [0.15, 0.2) is 30.6 Å². The predicted octanol–water partition coefficient (Wildman–Crippen LogP) is 2.44. The molecule has 0 bridgehead atoms. The highest BCUT2D eigenvalue weighted by atomic mass is 15.3. The highest BCUT2D eigenvalue weighted by molar-refractivity contribution is 5.58. The Morgan fingerprint density at radius 1 is 1.23 bits per heavy atom. The summed E-state index contributed by atoms with van der Waals surface area (Å²) >= 11 is 0. The van der Waals surface area contributed by atoms with Crippen molar-refractivity contribution in [2.75, 3.05) is 42.9 Å². The summed E-state index contributed by atoms with van der Waals surface area (Å²) in [5.41, 5.74) is 3.74. The van der Waals surface area contributed by atoms with Gasteiger partial charge in [-0.1, -0.05) is 6.07 Å². The number of piperazine rings is 1. The van der Waals surface area contributed by atoms with Crippen LogP contribution in [0, 0.1) is 17.2 Å². The van der Waals surface area contributed by atoms with Crippen molar-refractivity contribution in [3.63, 3.8) is 0 Å². The molecule has 1 aromatic heterocycles. The Kier molecular flexibility index (Phi) is 4.81. The molecule has 26 heavy (non-hydrogen) atoms. The number of nitrogens with zero attached hydrogens (tertiary/aromatic N) is 5. The molecule has 136 valence electrons. The largest absolute Gasteiger partial charge is 0.379 e. The molecule has 6 nitrogen and oxygen atoms in total. The van der Waals surface area contributed by atoms with Gasteiger partial charge in [0, 0.05) is 51.1 Å². The summed E-state index contributed by atoms with van der Waals surface area (Å²) in [6.45, 7) is 6.40. The number of hydrogen-bond donors (Lipinski definition) is 1. The topological polar surface area (TPSA) is 60.1 Å². The fourth-order valence-electron chi connectivity index (χ4n) is 3.61. The summed E-state index contributed by atoms with van der Waals surface area (Å²) in [5.74, 6) is 0.972. The van der Waals surface area contributed by atoms with Crippen LogP contribution in [-0.4, -0.2) is 47.2 Å². The Morgan fingerprint density at radius 2 is 2.04 bits per heavy atom. The molecule has 2 heterocycles. The Balaban J connectivity index is 1.36. The molecular weight excluding hydrogens is 324 g/mol. The number of aryl methyl sites for hydroxylation is 1. The zero-order chi connectivity index (χ0) is 17.9. The molecule has 0 radical (unpaired) electrons. The first-order chi connectivity index (χ1) is 12.7. The van der Waals surface area contributed by atoms with E-state index in [-0.39, 0.29) is 0 Å². The van der Waals surface area contributed by atoms with E-state index >= 15 is 0 Å². The number of imidazole rings is 1. The smallest absolute Gasteiger partial charge is 0.163 e. The van der Waals surface area contributed by atoms with Gasteiger partial charge in [0.25, 0.3) is 0 Å². The van der Waals surface area contributed by atoms with Crippen LogP contribution < -0.4 is 10.2 Å². The predicted molar refractivity (Wildman–Crippen MR) is 103 cm³/mol. The number of rotatable bonds is 6. The third-order valence-corrected chi connectivity index (χ3v) is 5.42. The second-order valence-corrected chi connectivity index (χ2v) is 7.40. The minimum absolute atomic E-state index is 0.489. The van der Waals surface area contributed by atoms with E-state index in [0.717, 1.165) is 43.5 Å². The molecule has 6 heteroatoms. The van der Waals surface area contributed by atoms with Gasteiger partial charge in [0.15, 0.2) is 5.69 Å². The van der Waals surface area contributed by atoms with E-state index in [1.54, 1.807) is 6.33 Å². The van der Waals surface area contributed by atoms with Crippen LogP contribution in [-0.2, 0) is 13.6 Å². The van der Waals surface area contributed by atoms with Gasteiger partial charge >= 0.3 is 0 Å². The molecule has 2 aromatic rings. The van der Waals surface area contributed by atoms with Crippen molar-refractivity contribution in [3.05, 3.63) is 42.0 Å². The van der Waals surface area contributed by atoms with Crippen LogP contribution >= 0.6 is 0 Å². The van der Waals surface area contributed by atoms with Crippen molar-refractivity contribution in [3.8, 4) is 6.07 Å². The summed E-state index contributed by atoms with van der Waals surface area (Å²) in [5, 5.41) is 12.6. The normalized spacial score (nSPS) is 17.9. The third kappa shape index (κ3) is 3.83. The summed E-state index contributed by atoms with van der Waals surface area (Å²) in [4.78, 5) is 9.20. The number of nitriles is 1. The Hall–Kier alpha value is -2.52. The second-order valence-electron chi connectivity index (χ2n) is 7.40. The van der Waals surface area contributed by atoms with E-state index in [1.165, 1.54) is 25.1 Å². The lowest BCUT2D eigenvalue weighted by Gasteiger charge is -2.36. The van der Waals surface area contributed by atoms with Crippen molar-refractivity contribution in [2.24, 2.45) is 13.0 Å². The van der Waals surface area contributed by atoms with Crippen molar-refractivity contribution >= 4 is 11.4 Å². The van der Waals surface area contributed by atoms with E-state index in [1.807, 2.05) is 11.6 Å². The zero-order valence-corrected chi connectivity index (χ0v) is 15.4. The van der Waals surface area contributed by atoms with Gasteiger partial charge < -0.3 is 14.8 Å². The molecule has 1 saturated carbocycles. The average Bonchev–Trinajstić information content (AvgIpc) is 3.41. The van der Waals surface area contributed by atoms with Gasteiger partial charge in [-0.15, -0.1) is 0 Å². The van der Waals surface area contributed by atoms with Gasteiger partial charge in [-0.2, -0.15) is 5.26 Å². The fourth-order valence-corrected chi connectivity index (χ4v) is 3.61. The quantitative estimate of drug-likeness (QED) is 0.867. The minimum Gasteiger partial charge on any atom is -0.379 e. The lowest BCUT2D eigenvalue weighted by atomic mass is 10.2. The summed E-state index contributed by atoms with van der Waals surface area (Å²) < 4.78 is 1.90. The molecule has 1 aliphatic carbocycles. The van der Waals surface area contributed by atoms with Crippen molar-refractivity contribution in [2.45, 2.75) is 19.4 Å². The molecule has 1 N–H and O–H groups in total. The molecular formula is C20H26N6. The molecule has 1 saturated heterocycles. The van der Waals surface area contributed by atoms with Crippen LogP contribution in [0.2, 0.25) is 0 Å². The Labute approximate surface area is 155 Å². The first-order valence-electron chi connectivity index (χ1n) is 9.44. The van der Waals surface area contributed by atoms with Crippen LogP contribution in [0.4, 0.5) is 11.4 Å². The van der Waals surface area contributed by atoms with Gasteiger partial charge in [-0.25, -0.2) is 4.98 Å².